The number of hydrogen-bond donors (Lipinski definition) is 8. The van der Waals surface area contributed by atoms with E-state index in [2.05, 4.69) is 54.7 Å². The van der Waals surface area contributed by atoms with E-state index in [1.165, 1.54) is 41.2 Å². The first-order chi connectivity index (χ1) is 40.9. The first-order valence-corrected chi connectivity index (χ1v) is 30.8. The van der Waals surface area contributed by atoms with Gasteiger partial charge in [0.15, 0.2) is 0 Å². The number of aryl methyl sites for hydroxylation is 2. The van der Waals surface area contributed by atoms with Gasteiger partial charge in [0.2, 0.25) is 35.4 Å². The topological polar surface area (TPSA) is 266 Å². The van der Waals surface area contributed by atoms with Crippen LogP contribution in [0.2, 0.25) is 0 Å². The van der Waals surface area contributed by atoms with Crippen molar-refractivity contribution in [2.24, 2.45) is 5.41 Å². The summed E-state index contributed by atoms with van der Waals surface area (Å²) >= 11 is 1.15. The molecule has 2 heterocycles. The zero-order chi connectivity index (χ0) is 62.2. The van der Waals surface area contributed by atoms with E-state index in [1.807, 2.05) is 63.2 Å². The molecule has 0 bridgehead atoms. The maximum atomic E-state index is 15.3. The quantitative estimate of drug-likeness (QED) is 0.0530. The van der Waals surface area contributed by atoms with Crippen molar-refractivity contribution in [1.82, 2.24) is 47.0 Å². The lowest BCUT2D eigenvalue weighted by Crippen LogP contribution is -2.63. The third kappa shape index (κ3) is 15.1. The number of amides is 8. The summed E-state index contributed by atoms with van der Waals surface area (Å²) in [6.45, 7) is 12.4. The van der Waals surface area contributed by atoms with Crippen LogP contribution < -0.4 is 42.5 Å². The van der Waals surface area contributed by atoms with E-state index in [-0.39, 0.29) is 72.6 Å². The average Bonchev–Trinajstić information content (AvgIpc) is 3.16. The van der Waals surface area contributed by atoms with E-state index in [0.29, 0.717) is 11.3 Å². The summed E-state index contributed by atoms with van der Waals surface area (Å²) < 4.78 is 3.84. The van der Waals surface area contributed by atoms with Crippen LogP contribution in [0.15, 0.2) is 91.0 Å². The second-order valence-electron chi connectivity index (χ2n) is 24.7. The first kappa shape index (κ1) is 64.4. The molecule has 0 radical (unpaired) electrons. The van der Waals surface area contributed by atoms with Crippen LogP contribution in [0.25, 0.3) is 0 Å². The van der Waals surface area contributed by atoms with Gasteiger partial charge in [-0.3, -0.25) is 43.2 Å². The van der Waals surface area contributed by atoms with Crippen LogP contribution in [0.1, 0.15) is 147 Å². The van der Waals surface area contributed by atoms with Crippen LogP contribution in [0.5, 0.6) is 0 Å². The Morgan fingerprint density at radius 1 is 0.616 bits per heavy atom. The van der Waals surface area contributed by atoms with E-state index in [0.717, 1.165) is 78.1 Å². The van der Waals surface area contributed by atoms with Gasteiger partial charge in [0, 0.05) is 47.1 Å². The number of thioether (sulfide) groups is 1. The lowest BCUT2D eigenvalue weighted by atomic mass is 9.85. The molecule has 21 heteroatoms. The number of rotatable bonds is 20. The van der Waals surface area contributed by atoms with Crippen LogP contribution in [0.4, 0.5) is 5.69 Å². The van der Waals surface area contributed by atoms with Crippen molar-refractivity contribution < 1.29 is 47.9 Å². The molecule has 86 heavy (non-hydrogen) atoms. The number of nitrogens with zero attached hydrogens (tertiary/aromatic N) is 2. The Labute approximate surface area is 508 Å². The highest BCUT2D eigenvalue weighted by atomic mass is 32.2. The molecule has 8 N–H and O–H groups in total. The number of hydrogen-bond acceptors (Lipinski definition) is 13. The maximum absolute atomic E-state index is 15.3. The van der Waals surface area contributed by atoms with Gasteiger partial charge in [-0.2, -0.15) is 0 Å². The number of likely N-dealkylation sites (N-methyl/N-ethyl adjacent to an activating group) is 2. The monoisotopic (exact) mass is 1200 g/mol. The number of esters is 1. The zero-order valence-electron chi connectivity index (χ0n) is 51.0. The predicted octanol–water partition coefficient (Wildman–Crippen LogP) is 5.20. The third-order valence-corrected chi connectivity index (χ3v) is 18.6. The van der Waals surface area contributed by atoms with Crippen LogP contribution in [-0.2, 0) is 64.1 Å². The van der Waals surface area contributed by atoms with Crippen molar-refractivity contribution in [2.45, 2.75) is 166 Å². The van der Waals surface area contributed by atoms with Gasteiger partial charge < -0.3 is 57.1 Å². The summed E-state index contributed by atoms with van der Waals surface area (Å²) in [6, 6.07) is 20.8. The van der Waals surface area contributed by atoms with Gasteiger partial charge in [0.25, 0.3) is 11.8 Å². The zero-order valence-corrected chi connectivity index (χ0v) is 51.8. The summed E-state index contributed by atoms with van der Waals surface area (Å²) in [4.78, 5) is 129. The SMILES string of the molecule is CN[C@@H](C)C(=O)NC(C(=O)N1C[C@@H](NC(=O)c2ccc(C(=O)Nc3ccc4c(c3)CN(C(=O)[C@@H](NC(=O)[C@H](C)NC)C(C)(C)SCC(=O)OC)[C@H](C(=O)NC3CCCc5ccccc53)C4)cc2)CC1C(=O)N[C@@H]1CCCc2ccccc21)C(C)(C)C. The fourth-order valence-corrected chi connectivity index (χ4v) is 12.8. The Morgan fingerprint density at radius 3 is 1.69 bits per heavy atom. The fraction of sp³-hybridized carbons (Fsp3) is 0.492. The second kappa shape index (κ2) is 27.8. The van der Waals surface area contributed by atoms with Gasteiger partial charge in [-0.05, 0) is 162 Å². The van der Waals surface area contributed by atoms with Gasteiger partial charge >= 0.3 is 5.97 Å². The molecule has 4 aliphatic rings. The Morgan fingerprint density at radius 2 is 1.14 bits per heavy atom. The number of benzene rings is 4. The maximum Gasteiger partial charge on any atom is 0.315 e. The minimum absolute atomic E-state index is 0.00562. The molecule has 4 aromatic carbocycles. The van der Waals surface area contributed by atoms with Crippen molar-refractivity contribution in [2.75, 3.05) is 38.8 Å². The summed E-state index contributed by atoms with van der Waals surface area (Å²) in [5.41, 5.74) is 5.97. The molecule has 9 atom stereocenters. The molecule has 2 aliphatic heterocycles. The molecule has 0 saturated carbocycles. The Hall–Kier alpha value is -7.62. The molecule has 2 aliphatic carbocycles. The Bertz CT molecular complexity index is 3200. The van der Waals surface area contributed by atoms with Crippen molar-refractivity contribution in [1.29, 1.82) is 0 Å². The number of fused-ring (bicyclic) bond motifs is 3. The largest absolute Gasteiger partial charge is 0.468 e. The summed E-state index contributed by atoms with van der Waals surface area (Å²) in [6.07, 6.45) is 5.25. The van der Waals surface area contributed by atoms with E-state index in [4.69, 9.17) is 4.74 Å². The molecule has 3 unspecified atom stereocenters. The third-order valence-electron chi connectivity index (χ3n) is 17.3. The lowest BCUT2D eigenvalue weighted by Gasteiger charge is -2.42. The highest BCUT2D eigenvalue weighted by Gasteiger charge is 2.48. The van der Waals surface area contributed by atoms with Crippen molar-refractivity contribution in [3.05, 3.63) is 136 Å². The summed E-state index contributed by atoms with van der Waals surface area (Å²) in [5, 5.41) is 24.1. The number of likely N-dealkylation sites (tertiary alicyclic amines) is 1. The molecular weight excluding hydrogens is 1110 g/mol. The van der Waals surface area contributed by atoms with Crippen LogP contribution >= 0.6 is 11.8 Å². The molecule has 1 fully saturated rings. The second-order valence-corrected chi connectivity index (χ2v) is 26.3. The van der Waals surface area contributed by atoms with Gasteiger partial charge in [0.05, 0.1) is 37.0 Å². The van der Waals surface area contributed by atoms with Crippen LogP contribution in [-0.4, -0.2) is 144 Å². The van der Waals surface area contributed by atoms with E-state index in [1.54, 1.807) is 53.9 Å². The number of ether oxygens (including phenoxy) is 1. The van der Waals surface area contributed by atoms with Crippen LogP contribution in [0.3, 0.4) is 0 Å². The molecule has 0 spiro atoms. The molecule has 4 aromatic rings. The van der Waals surface area contributed by atoms with Gasteiger partial charge in [-0.1, -0.05) is 75.4 Å². The fourth-order valence-electron chi connectivity index (χ4n) is 11.8. The molecule has 1 saturated heterocycles. The van der Waals surface area contributed by atoms with Gasteiger partial charge in [0.1, 0.15) is 24.2 Å². The molecule has 20 nitrogen and oxygen atoms in total. The Kier molecular flexibility index (Phi) is 20.8. The number of nitrogens with one attached hydrogen (secondary N) is 8. The average molecular weight is 1200 g/mol. The van der Waals surface area contributed by atoms with Crippen molar-refractivity contribution in [3.8, 4) is 0 Å². The predicted molar refractivity (Wildman–Crippen MR) is 330 cm³/mol. The highest BCUT2D eigenvalue weighted by Crippen LogP contribution is 2.36. The number of methoxy groups -OCH3 is 1. The van der Waals surface area contributed by atoms with E-state index in [9.17, 15) is 38.4 Å². The highest BCUT2D eigenvalue weighted by molar-refractivity contribution is 8.01. The van der Waals surface area contributed by atoms with Gasteiger partial charge in [-0.25, -0.2) is 0 Å². The van der Waals surface area contributed by atoms with Crippen molar-refractivity contribution in [3.63, 3.8) is 0 Å². The summed E-state index contributed by atoms with van der Waals surface area (Å²) in [5.74, 6) is -4.07. The number of anilines is 1. The number of carbonyl (C=O) groups excluding carboxylic acids is 9. The molecule has 460 valence electrons. The lowest BCUT2D eigenvalue weighted by molar-refractivity contribution is -0.145. The van der Waals surface area contributed by atoms with E-state index >= 15 is 4.79 Å². The summed E-state index contributed by atoms with van der Waals surface area (Å²) in [7, 11) is 4.55. The minimum atomic E-state index is -1.20. The first-order valence-electron chi connectivity index (χ1n) is 29.8. The van der Waals surface area contributed by atoms with Gasteiger partial charge in [-0.15, -0.1) is 11.8 Å². The Balaban J connectivity index is 0.993. The van der Waals surface area contributed by atoms with E-state index < -0.39 is 88.0 Å². The molecule has 8 amide bonds. The molecule has 8 rings (SSSR count). The smallest absolute Gasteiger partial charge is 0.315 e. The van der Waals surface area contributed by atoms with Crippen LogP contribution in [0, 0.1) is 5.41 Å². The standard InChI is InChI=1S/C65H84N10O10S/c1-37(66-8)56(77)72-54(64(3,4)5)62(83)75-35-46(33-52(75)61(82)71-50-24-16-20-40-18-12-14-22-48(40)50)69-59(80)42-27-25-41(26-28-42)58(79)68-45-30-29-43-32-51(60(81)70-49-23-15-19-39-17-11-13-21-47(39)49)74(34-44(43)31-45)63(84)55(73-57(78)38(2)67-9)65(6,7)86-36-53(76)85-10/h11-14,17-18,21-22,25-31,37-38,46,49-52,54-55,66-67H,15-16,19-20,23-24,32-36H2,1-10H3,(H,68,79)(H,69,80)(H,70,81)(H,71,82)(H,72,77)(H,73,78)/t37-,38-,46-,49?,50+,51-,52?,54?,55+/m0/s1. The molecule has 0 aromatic heterocycles. The molecular formula is C65H84N10O10S. The van der Waals surface area contributed by atoms with Crippen molar-refractivity contribution >= 4 is 70.7 Å². The minimum Gasteiger partial charge on any atom is -0.468 e. The number of carbonyl (C=O) groups is 9. The normalized spacial score (nSPS) is 20.5.